The number of thiophene rings is 1. The molecule has 2 heteroatoms. The van der Waals surface area contributed by atoms with Crippen LogP contribution in [0.15, 0.2) is 17.5 Å². The predicted molar refractivity (Wildman–Crippen MR) is 71.1 cm³/mol. The largest absolute Gasteiger partial charge is 0.149 e. The molecule has 0 aliphatic rings. The highest BCUT2D eigenvalue weighted by Gasteiger charge is 1.94. The molecular formula is C13H21ClS. The van der Waals surface area contributed by atoms with Gasteiger partial charge in [-0.1, -0.05) is 38.2 Å². The summed E-state index contributed by atoms with van der Waals surface area (Å²) in [6, 6.07) is 4.39. The number of aryl methyl sites for hydroxylation is 1. The van der Waals surface area contributed by atoms with Gasteiger partial charge in [-0.3, -0.25) is 0 Å². The first-order chi connectivity index (χ1) is 7.43. The van der Waals surface area contributed by atoms with Crippen LogP contribution in [0.25, 0.3) is 0 Å². The highest BCUT2D eigenvalue weighted by Crippen LogP contribution is 2.14. The number of alkyl halides is 1. The van der Waals surface area contributed by atoms with Crippen molar-refractivity contribution in [2.75, 3.05) is 5.88 Å². The molecule has 0 aliphatic carbocycles. The van der Waals surface area contributed by atoms with Crippen LogP contribution in [0.2, 0.25) is 0 Å². The lowest BCUT2D eigenvalue weighted by Crippen LogP contribution is -1.83. The maximum Gasteiger partial charge on any atom is 0.0223 e. The second-order valence-corrected chi connectivity index (χ2v) is 5.40. The Hall–Kier alpha value is -0.0100. The summed E-state index contributed by atoms with van der Waals surface area (Å²) in [5.74, 6) is 0.832. The molecule has 0 bridgehead atoms. The van der Waals surface area contributed by atoms with Crippen LogP contribution in [0.1, 0.15) is 49.8 Å². The molecule has 15 heavy (non-hydrogen) atoms. The fourth-order valence-electron chi connectivity index (χ4n) is 1.73. The van der Waals surface area contributed by atoms with Crippen LogP contribution in [0.5, 0.6) is 0 Å². The zero-order valence-electron chi connectivity index (χ0n) is 9.38. The zero-order chi connectivity index (χ0) is 10.8. The van der Waals surface area contributed by atoms with Crippen molar-refractivity contribution in [1.29, 1.82) is 0 Å². The number of rotatable bonds is 9. The second-order valence-electron chi connectivity index (χ2n) is 3.99. The molecule has 0 nitrogen and oxygen atoms in total. The molecule has 0 aromatic carbocycles. The van der Waals surface area contributed by atoms with E-state index in [0.29, 0.717) is 0 Å². The van der Waals surface area contributed by atoms with E-state index < -0.39 is 0 Å². The number of halogens is 1. The SMILES string of the molecule is ClCCCCCCCCCc1cccs1. The summed E-state index contributed by atoms with van der Waals surface area (Å²) >= 11 is 7.51. The average molecular weight is 245 g/mol. The quantitative estimate of drug-likeness (QED) is 0.411. The third-order valence-electron chi connectivity index (χ3n) is 2.64. The van der Waals surface area contributed by atoms with Crippen LogP contribution in [-0.4, -0.2) is 5.88 Å². The lowest BCUT2D eigenvalue weighted by atomic mass is 10.1. The highest BCUT2D eigenvalue weighted by molar-refractivity contribution is 7.09. The fraction of sp³-hybridized carbons (Fsp3) is 0.692. The van der Waals surface area contributed by atoms with E-state index in [2.05, 4.69) is 17.5 Å². The average Bonchev–Trinajstić information content (AvgIpc) is 2.75. The fourth-order valence-corrected chi connectivity index (χ4v) is 2.67. The third-order valence-corrected chi connectivity index (χ3v) is 3.84. The van der Waals surface area contributed by atoms with Crippen LogP contribution in [-0.2, 0) is 6.42 Å². The molecule has 0 spiro atoms. The van der Waals surface area contributed by atoms with Crippen LogP contribution >= 0.6 is 22.9 Å². The Kier molecular flexibility index (Phi) is 8.04. The van der Waals surface area contributed by atoms with Gasteiger partial charge in [0.25, 0.3) is 0 Å². The summed E-state index contributed by atoms with van der Waals surface area (Å²) in [5.41, 5.74) is 0. The maximum atomic E-state index is 5.62. The minimum Gasteiger partial charge on any atom is -0.149 e. The van der Waals surface area contributed by atoms with Crippen molar-refractivity contribution < 1.29 is 0 Å². The summed E-state index contributed by atoms with van der Waals surface area (Å²) in [4.78, 5) is 1.54. The van der Waals surface area contributed by atoms with Gasteiger partial charge in [-0.05, 0) is 30.7 Å². The summed E-state index contributed by atoms with van der Waals surface area (Å²) < 4.78 is 0. The van der Waals surface area contributed by atoms with Gasteiger partial charge in [0.2, 0.25) is 0 Å². The maximum absolute atomic E-state index is 5.62. The third kappa shape index (κ3) is 6.97. The number of unbranched alkanes of at least 4 members (excludes halogenated alkanes) is 6. The molecular weight excluding hydrogens is 224 g/mol. The molecule has 0 unspecified atom stereocenters. The predicted octanol–water partition coefficient (Wildman–Crippen LogP) is 5.26. The van der Waals surface area contributed by atoms with Crippen molar-refractivity contribution in [3.63, 3.8) is 0 Å². The second kappa shape index (κ2) is 9.23. The first-order valence-corrected chi connectivity index (χ1v) is 7.43. The molecule has 0 N–H and O–H groups in total. The van der Waals surface area contributed by atoms with E-state index in [-0.39, 0.29) is 0 Å². The van der Waals surface area contributed by atoms with Crippen molar-refractivity contribution in [3.05, 3.63) is 22.4 Å². The van der Waals surface area contributed by atoms with Gasteiger partial charge >= 0.3 is 0 Å². The van der Waals surface area contributed by atoms with E-state index in [1.807, 2.05) is 11.3 Å². The molecule has 1 heterocycles. The monoisotopic (exact) mass is 244 g/mol. The van der Waals surface area contributed by atoms with Crippen molar-refractivity contribution in [2.45, 2.75) is 51.4 Å². The first-order valence-electron chi connectivity index (χ1n) is 6.02. The van der Waals surface area contributed by atoms with Gasteiger partial charge in [0, 0.05) is 10.8 Å². The van der Waals surface area contributed by atoms with Crippen LogP contribution in [0.3, 0.4) is 0 Å². The molecule has 0 atom stereocenters. The van der Waals surface area contributed by atoms with E-state index in [1.165, 1.54) is 56.2 Å². The Labute approximate surface area is 103 Å². The highest BCUT2D eigenvalue weighted by atomic mass is 35.5. The van der Waals surface area contributed by atoms with Crippen molar-refractivity contribution in [1.82, 2.24) is 0 Å². The van der Waals surface area contributed by atoms with Crippen LogP contribution in [0.4, 0.5) is 0 Å². The van der Waals surface area contributed by atoms with Gasteiger partial charge in [-0.15, -0.1) is 22.9 Å². The van der Waals surface area contributed by atoms with E-state index >= 15 is 0 Å². The normalized spacial score (nSPS) is 10.7. The van der Waals surface area contributed by atoms with Gasteiger partial charge in [-0.2, -0.15) is 0 Å². The summed E-state index contributed by atoms with van der Waals surface area (Å²) in [6.07, 6.45) is 10.7. The zero-order valence-corrected chi connectivity index (χ0v) is 11.0. The summed E-state index contributed by atoms with van der Waals surface area (Å²) in [6.45, 7) is 0. The minimum atomic E-state index is 0.832. The molecule has 1 aromatic heterocycles. The summed E-state index contributed by atoms with van der Waals surface area (Å²) in [7, 11) is 0. The number of hydrogen-bond acceptors (Lipinski definition) is 1. The smallest absolute Gasteiger partial charge is 0.0223 e. The molecule has 86 valence electrons. The topological polar surface area (TPSA) is 0 Å². The van der Waals surface area contributed by atoms with Gasteiger partial charge in [0.1, 0.15) is 0 Å². The lowest BCUT2D eigenvalue weighted by Gasteiger charge is -2.00. The van der Waals surface area contributed by atoms with Gasteiger partial charge in [0.15, 0.2) is 0 Å². The van der Waals surface area contributed by atoms with Crippen LogP contribution in [0, 0.1) is 0 Å². The van der Waals surface area contributed by atoms with E-state index in [1.54, 1.807) is 0 Å². The number of hydrogen-bond donors (Lipinski definition) is 0. The van der Waals surface area contributed by atoms with E-state index in [4.69, 9.17) is 11.6 Å². The molecule has 0 radical (unpaired) electrons. The Morgan fingerprint density at radius 3 is 2.20 bits per heavy atom. The van der Waals surface area contributed by atoms with E-state index in [9.17, 15) is 0 Å². The molecule has 0 aliphatic heterocycles. The Bertz CT molecular complexity index is 218. The minimum absolute atomic E-state index is 0.832. The summed E-state index contributed by atoms with van der Waals surface area (Å²) in [5, 5.41) is 2.17. The van der Waals surface area contributed by atoms with Crippen molar-refractivity contribution >= 4 is 22.9 Å². The van der Waals surface area contributed by atoms with Gasteiger partial charge < -0.3 is 0 Å². The molecule has 0 saturated heterocycles. The van der Waals surface area contributed by atoms with Gasteiger partial charge in [0.05, 0.1) is 0 Å². The van der Waals surface area contributed by atoms with Gasteiger partial charge in [-0.25, -0.2) is 0 Å². The molecule has 1 rings (SSSR count). The first kappa shape index (κ1) is 13.1. The Morgan fingerprint density at radius 2 is 1.60 bits per heavy atom. The molecule has 0 amide bonds. The Balaban J connectivity index is 1.81. The Morgan fingerprint density at radius 1 is 0.933 bits per heavy atom. The molecule has 0 saturated carbocycles. The van der Waals surface area contributed by atoms with E-state index in [0.717, 1.165) is 5.88 Å². The standard InChI is InChI=1S/C13H21ClS/c14-11-7-5-3-1-2-4-6-9-13-10-8-12-15-13/h8,10,12H,1-7,9,11H2. The van der Waals surface area contributed by atoms with Crippen molar-refractivity contribution in [2.24, 2.45) is 0 Å². The molecule has 0 fully saturated rings. The molecule has 1 aromatic rings. The lowest BCUT2D eigenvalue weighted by molar-refractivity contribution is 0.591. The van der Waals surface area contributed by atoms with Crippen molar-refractivity contribution in [3.8, 4) is 0 Å². The van der Waals surface area contributed by atoms with Crippen LogP contribution < -0.4 is 0 Å².